The van der Waals surface area contributed by atoms with Crippen LogP contribution in [0.3, 0.4) is 0 Å². The molecule has 0 bridgehead atoms. The molecule has 1 rings (SSSR count). The zero-order valence-corrected chi connectivity index (χ0v) is 10.5. The molecule has 0 fully saturated rings. The van der Waals surface area contributed by atoms with Gasteiger partial charge in [-0.2, -0.15) is 0 Å². The summed E-state index contributed by atoms with van der Waals surface area (Å²) in [6.45, 7) is 8.37. The second-order valence-electron chi connectivity index (χ2n) is 3.25. The molecule has 0 aromatic heterocycles. The first kappa shape index (κ1) is 11.6. The zero-order chi connectivity index (χ0) is 10.4. The number of alkyl halides is 1. The highest BCUT2D eigenvalue weighted by Gasteiger charge is 2.06. The molecule has 1 aliphatic rings. The predicted molar refractivity (Wildman–Crippen MR) is 71.6 cm³/mol. The molecule has 1 N–H and O–H groups in total. The quantitative estimate of drug-likeness (QED) is 0.466. The molecule has 0 amide bonds. The molecular weight excluding hydrogens is 285 g/mol. The van der Waals surface area contributed by atoms with Crippen molar-refractivity contribution in [3.05, 3.63) is 48.2 Å². The van der Waals surface area contributed by atoms with E-state index in [-0.39, 0.29) is 0 Å². The van der Waals surface area contributed by atoms with E-state index >= 15 is 0 Å². The summed E-state index contributed by atoms with van der Waals surface area (Å²) < 4.78 is 1.09. The van der Waals surface area contributed by atoms with E-state index in [4.69, 9.17) is 0 Å². The number of hydrogen-bond donors (Lipinski definition) is 1. The molecule has 0 atom stereocenters. The maximum absolute atomic E-state index is 3.83. The van der Waals surface area contributed by atoms with Gasteiger partial charge in [-0.1, -0.05) is 47.9 Å². The zero-order valence-electron chi connectivity index (χ0n) is 8.35. The van der Waals surface area contributed by atoms with Gasteiger partial charge in [-0.15, -0.1) is 0 Å². The second kappa shape index (κ2) is 6.06. The van der Waals surface area contributed by atoms with Crippen molar-refractivity contribution < 1.29 is 0 Å². The fraction of sp³-hybridized carbons (Fsp3) is 0.333. The topological polar surface area (TPSA) is 12.0 Å². The first-order chi connectivity index (χ1) is 6.77. The molecule has 0 unspecified atom stereocenters. The minimum atomic E-state index is 0.875. The number of hydrogen-bond acceptors (Lipinski definition) is 1. The lowest BCUT2D eigenvalue weighted by Crippen LogP contribution is -2.17. The normalized spacial score (nSPS) is 15.5. The van der Waals surface area contributed by atoms with Crippen LogP contribution in [0.2, 0.25) is 0 Å². The van der Waals surface area contributed by atoms with Crippen molar-refractivity contribution in [3.8, 4) is 0 Å². The van der Waals surface area contributed by atoms with Crippen molar-refractivity contribution in [3.63, 3.8) is 0 Å². The van der Waals surface area contributed by atoms with Crippen molar-refractivity contribution in [1.29, 1.82) is 0 Å². The van der Waals surface area contributed by atoms with Crippen LogP contribution in [0.4, 0.5) is 0 Å². The average molecular weight is 301 g/mol. The lowest BCUT2D eigenvalue weighted by molar-refractivity contribution is 0.875. The number of nitrogens with one attached hydrogen (secondary N) is 1. The molecule has 1 aliphatic carbocycles. The van der Waals surface area contributed by atoms with E-state index in [0.29, 0.717) is 0 Å². The van der Waals surface area contributed by atoms with Gasteiger partial charge in [0.1, 0.15) is 0 Å². The Morgan fingerprint density at radius 1 is 1.43 bits per heavy atom. The third-order valence-electron chi connectivity index (χ3n) is 2.26. The summed E-state index contributed by atoms with van der Waals surface area (Å²) in [6.07, 6.45) is 8.75. The molecule has 0 heterocycles. The molecule has 76 valence electrons. The first-order valence-electron chi connectivity index (χ1n) is 4.77. The Balaban J connectivity index is 2.50. The molecule has 14 heavy (non-hydrogen) atoms. The maximum atomic E-state index is 3.83. The SMILES string of the molecule is C=CC(=C)NCC1=CCCC=C1CI. The third-order valence-corrected chi connectivity index (χ3v) is 3.08. The van der Waals surface area contributed by atoms with Crippen molar-refractivity contribution in [2.45, 2.75) is 12.8 Å². The highest BCUT2D eigenvalue weighted by molar-refractivity contribution is 14.1. The lowest BCUT2D eigenvalue weighted by Gasteiger charge is -2.15. The van der Waals surface area contributed by atoms with E-state index in [1.165, 1.54) is 17.6 Å². The summed E-state index contributed by atoms with van der Waals surface area (Å²) in [6, 6.07) is 0. The Hall–Kier alpha value is -0.510. The molecule has 0 saturated carbocycles. The van der Waals surface area contributed by atoms with Crippen LogP contribution in [-0.4, -0.2) is 11.0 Å². The molecular formula is C12H16IN. The molecule has 0 saturated heterocycles. The Bertz CT molecular complexity index is 287. The van der Waals surface area contributed by atoms with E-state index in [1.807, 2.05) is 0 Å². The lowest BCUT2D eigenvalue weighted by atomic mass is 9.99. The maximum Gasteiger partial charge on any atom is 0.0400 e. The van der Waals surface area contributed by atoms with Gasteiger partial charge in [-0.3, -0.25) is 0 Å². The highest BCUT2D eigenvalue weighted by Crippen LogP contribution is 2.20. The van der Waals surface area contributed by atoms with Gasteiger partial charge >= 0.3 is 0 Å². The second-order valence-corrected chi connectivity index (χ2v) is 4.02. The summed E-state index contributed by atoms with van der Waals surface area (Å²) in [5.74, 6) is 0. The Labute approximate surface area is 99.8 Å². The van der Waals surface area contributed by atoms with Gasteiger partial charge in [-0.05, 0) is 30.1 Å². The number of rotatable bonds is 5. The van der Waals surface area contributed by atoms with E-state index in [9.17, 15) is 0 Å². The van der Waals surface area contributed by atoms with Crippen LogP contribution >= 0.6 is 22.6 Å². The van der Waals surface area contributed by atoms with Gasteiger partial charge in [0.25, 0.3) is 0 Å². The first-order valence-corrected chi connectivity index (χ1v) is 6.30. The van der Waals surface area contributed by atoms with Gasteiger partial charge in [0.2, 0.25) is 0 Å². The van der Waals surface area contributed by atoms with Crippen LogP contribution in [-0.2, 0) is 0 Å². The largest absolute Gasteiger partial charge is 0.381 e. The molecule has 0 spiro atoms. The standard InChI is InChI=1S/C12H16IN/c1-3-10(2)14-9-12-7-5-4-6-11(12)8-13/h3,6-7,14H,1-2,4-5,8-9H2. The van der Waals surface area contributed by atoms with Crippen LogP contribution in [0.5, 0.6) is 0 Å². The molecule has 2 heteroatoms. The van der Waals surface area contributed by atoms with Gasteiger partial charge < -0.3 is 5.32 Å². The summed E-state index contributed by atoms with van der Waals surface area (Å²) in [7, 11) is 0. The fourth-order valence-corrected chi connectivity index (χ4v) is 2.19. The Morgan fingerprint density at radius 3 is 2.64 bits per heavy atom. The minimum Gasteiger partial charge on any atom is -0.381 e. The van der Waals surface area contributed by atoms with Crippen LogP contribution in [0.15, 0.2) is 48.2 Å². The highest BCUT2D eigenvalue weighted by atomic mass is 127. The van der Waals surface area contributed by atoms with Gasteiger partial charge in [0, 0.05) is 16.7 Å². The summed E-state index contributed by atoms with van der Waals surface area (Å²) in [5, 5.41) is 3.24. The monoisotopic (exact) mass is 301 g/mol. The van der Waals surface area contributed by atoms with Crippen molar-refractivity contribution in [1.82, 2.24) is 5.32 Å². The Morgan fingerprint density at radius 2 is 2.07 bits per heavy atom. The summed E-state index contributed by atoms with van der Waals surface area (Å²) in [4.78, 5) is 0. The Kier molecular flexibility index (Phi) is 5.01. The number of halogens is 1. The minimum absolute atomic E-state index is 0.875. The fourth-order valence-electron chi connectivity index (χ4n) is 1.38. The van der Waals surface area contributed by atoms with E-state index in [1.54, 1.807) is 6.08 Å². The number of allylic oxidation sites excluding steroid dienone is 3. The van der Waals surface area contributed by atoms with Crippen molar-refractivity contribution in [2.24, 2.45) is 0 Å². The van der Waals surface area contributed by atoms with Gasteiger partial charge in [0.15, 0.2) is 0 Å². The molecule has 0 radical (unpaired) electrons. The van der Waals surface area contributed by atoms with Gasteiger partial charge in [-0.25, -0.2) is 0 Å². The van der Waals surface area contributed by atoms with E-state index in [2.05, 4.69) is 53.2 Å². The van der Waals surface area contributed by atoms with Gasteiger partial charge in [0.05, 0.1) is 0 Å². The van der Waals surface area contributed by atoms with Crippen LogP contribution in [0.25, 0.3) is 0 Å². The van der Waals surface area contributed by atoms with Crippen molar-refractivity contribution >= 4 is 22.6 Å². The van der Waals surface area contributed by atoms with E-state index in [0.717, 1.165) is 23.1 Å². The smallest absolute Gasteiger partial charge is 0.0400 e. The third kappa shape index (κ3) is 3.33. The molecule has 0 aromatic carbocycles. The van der Waals surface area contributed by atoms with Crippen LogP contribution in [0, 0.1) is 0 Å². The van der Waals surface area contributed by atoms with E-state index < -0.39 is 0 Å². The molecule has 1 nitrogen and oxygen atoms in total. The van der Waals surface area contributed by atoms with Crippen molar-refractivity contribution in [2.75, 3.05) is 11.0 Å². The summed E-state index contributed by atoms with van der Waals surface area (Å²) >= 11 is 2.41. The van der Waals surface area contributed by atoms with Crippen LogP contribution < -0.4 is 5.32 Å². The summed E-state index contributed by atoms with van der Waals surface area (Å²) in [5.41, 5.74) is 3.76. The molecule has 0 aliphatic heterocycles. The average Bonchev–Trinajstić information content (AvgIpc) is 2.26. The van der Waals surface area contributed by atoms with Crippen LogP contribution in [0.1, 0.15) is 12.8 Å². The predicted octanol–water partition coefficient (Wildman–Crippen LogP) is 3.36. The molecule has 0 aromatic rings.